The molecule has 7 nitrogen and oxygen atoms in total. The Hall–Kier alpha value is -3.35. The van der Waals surface area contributed by atoms with E-state index in [0.717, 1.165) is 11.4 Å². The summed E-state index contributed by atoms with van der Waals surface area (Å²) in [7, 11) is 0. The fraction of sp³-hybridized carbons (Fsp3) is 0.0625. The molecule has 0 fully saturated rings. The second-order valence-corrected chi connectivity index (χ2v) is 5.09. The number of amidine groups is 1. The maximum Gasteiger partial charge on any atom is 0.174 e. The molecule has 0 aliphatic carbocycles. The molecule has 0 bridgehead atoms. The summed E-state index contributed by atoms with van der Waals surface area (Å²) >= 11 is 0. The quantitative estimate of drug-likeness (QED) is 0.858. The molecule has 0 atom stereocenters. The highest BCUT2D eigenvalue weighted by Crippen LogP contribution is 2.33. The van der Waals surface area contributed by atoms with E-state index < -0.39 is 0 Å². The van der Waals surface area contributed by atoms with E-state index in [1.165, 1.54) is 0 Å². The van der Waals surface area contributed by atoms with Gasteiger partial charge in [-0.15, -0.1) is 10.2 Å². The number of allylic oxidation sites excluding steroid dienone is 2. The molecule has 1 aromatic carbocycles. The Labute approximate surface area is 133 Å². The summed E-state index contributed by atoms with van der Waals surface area (Å²) in [5.41, 5.74) is 7.44. The van der Waals surface area contributed by atoms with Crippen LogP contribution in [-0.2, 0) is 4.84 Å². The first kappa shape index (κ1) is 13.3. The Morgan fingerprint density at radius 1 is 1.17 bits per heavy atom. The van der Waals surface area contributed by atoms with Gasteiger partial charge in [0.25, 0.3) is 0 Å². The lowest BCUT2D eigenvalue weighted by atomic mass is 10.1. The first-order valence-electron chi connectivity index (χ1n) is 7.10. The van der Waals surface area contributed by atoms with Crippen molar-refractivity contribution in [1.29, 1.82) is 0 Å². The number of hydrazone groups is 1. The molecule has 4 rings (SSSR count). The minimum absolute atomic E-state index is 0.630. The van der Waals surface area contributed by atoms with E-state index in [0.29, 0.717) is 23.1 Å². The minimum Gasteiger partial charge on any atom is -0.399 e. The van der Waals surface area contributed by atoms with Gasteiger partial charge in [0, 0.05) is 23.6 Å². The van der Waals surface area contributed by atoms with Crippen molar-refractivity contribution in [3.05, 3.63) is 66.4 Å². The summed E-state index contributed by atoms with van der Waals surface area (Å²) < 4.78 is 0. The maximum absolute atomic E-state index is 5.97. The van der Waals surface area contributed by atoms with Gasteiger partial charge in [-0.05, 0) is 31.2 Å². The van der Waals surface area contributed by atoms with Crippen molar-refractivity contribution >= 4 is 23.1 Å². The van der Waals surface area contributed by atoms with Crippen LogP contribution in [0.2, 0.25) is 0 Å². The highest BCUT2D eigenvalue weighted by molar-refractivity contribution is 5.87. The van der Waals surface area contributed by atoms with Crippen molar-refractivity contribution in [2.45, 2.75) is 6.92 Å². The van der Waals surface area contributed by atoms with E-state index in [1.54, 1.807) is 28.7 Å². The van der Waals surface area contributed by atoms with Gasteiger partial charge in [-0.3, -0.25) is 4.98 Å². The van der Waals surface area contributed by atoms with E-state index in [-0.39, 0.29) is 0 Å². The number of fused-ring (bicyclic) bond motifs is 1. The summed E-state index contributed by atoms with van der Waals surface area (Å²) in [6, 6.07) is 7.55. The third-order valence-electron chi connectivity index (χ3n) is 3.47. The summed E-state index contributed by atoms with van der Waals surface area (Å²) in [5, 5.41) is 7.82. The van der Waals surface area contributed by atoms with E-state index in [9.17, 15) is 0 Å². The van der Waals surface area contributed by atoms with Crippen LogP contribution in [0.5, 0.6) is 0 Å². The first-order chi connectivity index (χ1) is 11.2. The number of nitrogens with zero attached hydrogens (tertiary/aromatic N) is 5. The predicted octanol–water partition coefficient (Wildman–Crippen LogP) is 2.34. The Morgan fingerprint density at radius 3 is 2.87 bits per heavy atom. The molecular weight excluding hydrogens is 292 g/mol. The lowest BCUT2D eigenvalue weighted by Crippen LogP contribution is -2.29. The molecule has 114 valence electrons. The van der Waals surface area contributed by atoms with Crippen molar-refractivity contribution in [3.8, 4) is 0 Å². The molecule has 0 radical (unpaired) electrons. The number of benzene rings is 1. The highest BCUT2D eigenvalue weighted by Gasteiger charge is 2.32. The fourth-order valence-electron chi connectivity index (χ4n) is 2.43. The normalized spacial score (nSPS) is 16.3. The number of aromatic nitrogens is 2. The zero-order chi connectivity index (χ0) is 15.8. The number of rotatable bonds is 2. The summed E-state index contributed by atoms with van der Waals surface area (Å²) in [6.07, 6.45) is 8.71. The molecule has 3 heterocycles. The number of anilines is 2. The first-order valence-corrected chi connectivity index (χ1v) is 7.10. The van der Waals surface area contributed by atoms with E-state index in [4.69, 9.17) is 10.6 Å². The van der Waals surface area contributed by atoms with Crippen LogP contribution in [0.25, 0.3) is 5.76 Å². The SMILES string of the molecule is CC1=NN(c2cnccn2)C2=CC=C(c3cccc(N)c3)ON21. The number of nitrogen functional groups attached to an aromatic ring is 1. The van der Waals surface area contributed by atoms with Gasteiger partial charge in [-0.1, -0.05) is 12.1 Å². The van der Waals surface area contributed by atoms with Crippen LogP contribution in [0.3, 0.4) is 0 Å². The monoisotopic (exact) mass is 306 g/mol. The molecule has 0 saturated heterocycles. The van der Waals surface area contributed by atoms with E-state index >= 15 is 0 Å². The van der Waals surface area contributed by atoms with Gasteiger partial charge in [0.15, 0.2) is 23.2 Å². The van der Waals surface area contributed by atoms with Crippen LogP contribution in [-0.4, -0.2) is 20.9 Å². The molecule has 0 amide bonds. The zero-order valence-corrected chi connectivity index (χ0v) is 12.4. The van der Waals surface area contributed by atoms with Crippen LogP contribution in [0.4, 0.5) is 11.5 Å². The van der Waals surface area contributed by atoms with Gasteiger partial charge in [0.1, 0.15) is 0 Å². The Bertz CT molecular complexity index is 843. The number of nitrogens with two attached hydrogens (primary N) is 1. The van der Waals surface area contributed by atoms with Gasteiger partial charge in [0.2, 0.25) is 0 Å². The molecule has 2 aromatic rings. The molecule has 23 heavy (non-hydrogen) atoms. The molecule has 0 unspecified atom stereocenters. The van der Waals surface area contributed by atoms with Crippen molar-refractivity contribution in [1.82, 2.24) is 15.0 Å². The minimum atomic E-state index is 0.630. The molecule has 0 saturated carbocycles. The zero-order valence-electron chi connectivity index (χ0n) is 12.4. The standard InChI is InChI=1S/C16H14N6O/c1-11-20-21(15-10-18-7-8-19-15)16-6-5-14(23-22(11)16)12-3-2-4-13(17)9-12/h2-10H,17H2,1H3. The summed E-state index contributed by atoms with van der Waals surface area (Å²) in [6.45, 7) is 1.87. The third-order valence-corrected chi connectivity index (χ3v) is 3.47. The average molecular weight is 306 g/mol. The number of hydrogen-bond acceptors (Lipinski definition) is 7. The lowest BCUT2D eigenvalue weighted by Gasteiger charge is -2.26. The van der Waals surface area contributed by atoms with Gasteiger partial charge in [0.05, 0.1) is 6.20 Å². The Balaban J connectivity index is 1.71. The van der Waals surface area contributed by atoms with Crippen LogP contribution in [0.1, 0.15) is 12.5 Å². The predicted molar refractivity (Wildman–Crippen MR) is 87.5 cm³/mol. The number of hydrogen-bond donors (Lipinski definition) is 1. The topological polar surface area (TPSA) is 79.9 Å². The highest BCUT2D eigenvalue weighted by atomic mass is 16.7. The molecule has 2 N–H and O–H groups in total. The largest absolute Gasteiger partial charge is 0.399 e. The third kappa shape index (κ3) is 2.28. The molecule has 2 aliphatic heterocycles. The van der Waals surface area contributed by atoms with Crippen molar-refractivity contribution < 1.29 is 4.84 Å². The lowest BCUT2D eigenvalue weighted by molar-refractivity contribution is 0.0219. The molecule has 1 aromatic heterocycles. The summed E-state index contributed by atoms with van der Waals surface area (Å²) in [4.78, 5) is 14.3. The Kier molecular flexibility index (Phi) is 2.97. The van der Waals surface area contributed by atoms with E-state index in [1.807, 2.05) is 43.3 Å². The van der Waals surface area contributed by atoms with Gasteiger partial charge < -0.3 is 10.6 Å². The summed E-state index contributed by atoms with van der Waals surface area (Å²) in [5.74, 6) is 2.80. The van der Waals surface area contributed by atoms with Crippen LogP contribution < -0.4 is 10.7 Å². The number of hydroxylamine groups is 2. The van der Waals surface area contributed by atoms with Crippen molar-refractivity contribution in [3.63, 3.8) is 0 Å². The molecule has 7 heteroatoms. The molecule has 2 aliphatic rings. The molecular formula is C16H14N6O. The average Bonchev–Trinajstić information content (AvgIpc) is 2.92. The Morgan fingerprint density at radius 2 is 2.09 bits per heavy atom. The van der Waals surface area contributed by atoms with Crippen molar-refractivity contribution in [2.24, 2.45) is 5.10 Å². The second-order valence-electron chi connectivity index (χ2n) is 5.09. The smallest absolute Gasteiger partial charge is 0.174 e. The van der Waals surface area contributed by atoms with Gasteiger partial charge >= 0.3 is 0 Å². The van der Waals surface area contributed by atoms with E-state index in [2.05, 4.69) is 15.1 Å². The molecule has 0 spiro atoms. The van der Waals surface area contributed by atoms with Crippen LogP contribution in [0.15, 0.2) is 65.9 Å². The van der Waals surface area contributed by atoms with Crippen molar-refractivity contribution in [2.75, 3.05) is 10.7 Å². The maximum atomic E-state index is 5.97. The fourth-order valence-corrected chi connectivity index (χ4v) is 2.43. The van der Waals surface area contributed by atoms with Gasteiger partial charge in [-0.25, -0.2) is 4.98 Å². The van der Waals surface area contributed by atoms with Gasteiger partial charge in [-0.2, -0.15) is 5.01 Å². The van der Waals surface area contributed by atoms with Crippen LogP contribution in [0, 0.1) is 0 Å². The second kappa shape index (κ2) is 5.13. The van der Waals surface area contributed by atoms with Crippen LogP contribution >= 0.6 is 0 Å².